The molecule has 0 aliphatic heterocycles. The minimum absolute atomic E-state index is 0.00455. The lowest BCUT2D eigenvalue weighted by Crippen LogP contribution is -2.42. The van der Waals surface area contributed by atoms with Gasteiger partial charge in [-0.2, -0.15) is 0 Å². The van der Waals surface area contributed by atoms with Gasteiger partial charge in [0.1, 0.15) is 11.7 Å². The minimum Gasteiger partial charge on any atom is -0.409 e. The molecule has 0 heterocycles. The number of amides is 1. The molecule has 0 unspecified atom stereocenters. The lowest BCUT2D eigenvalue weighted by Gasteiger charge is -2.23. The van der Waals surface area contributed by atoms with Crippen molar-refractivity contribution in [3.63, 3.8) is 0 Å². The molecule has 1 aromatic rings. The van der Waals surface area contributed by atoms with Gasteiger partial charge in [-0.25, -0.2) is 4.39 Å². The largest absolute Gasteiger partial charge is 0.409 e. The number of halogens is 2. The third-order valence-electron chi connectivity index (χ3n) is 2.67. The zero-order valence-electron chi connectivity index (χ0n) is 10.6. The number of benzene rings is 1. The lowest BCUT2D eigenvalue weighted by molar-refractivity contribution is 0.0944. The van der Waals surface area contributed by atoms with Crippen LogP contribution in [0.1, 0.15) is 24.2 Å². The van der Waals surface area contributed by atoms with Crippen LogP contribution in [0.4, 0.5) is 4.39 Å². The average molecular weight is 288 g/mol. The number of rotatable bonds is 4. The van der Waals surface area contributed by atoms with Crippen LogP contribution in [0, 0.1) is 11.2 Å². The normalized spacial score (nSPS) is 12.3. The van der Waals surface area contributed by atoms with E-state index in [2.05, 4.69) is 10.5 Å². The number of oxime groups is 1. The van der Waals surface area contributed by atoms with Gasteiger partial charge >= 0.3 is 0 Å². The van der Waals surface area contributed by atoms with Crippen molar-refractivity contribution in [3.05, 3.63) is 34.6 Å². The number of nitrogens with zero attached hydrogens (tertiary/aromatic N) is 1. The van der Waals surface area contributed by atoms with E-state index in [1.54, 1.807) is 13.8 Å². The fraction of sp³-hybridized carbons (Fsp3) is 0.333. The van der Waals surface area contributed by atoms with Crippen LogP contribution in [0.25, 0.3) is 0 Å². The Morgan fingerprint density at radius 3 is 2.74 bits per heavy atom. The van der Waals surface area contributed by atoms with Gasteiger partial charge in [-0.05, 0) is 18.2 Å². The first-order chi connectivity index (χ1) is 8.77. The smallest absolute Gasteiger partial charge is 0.251 e. The fourth-order valence-corrected chi connectivity index (χ4v) is 1.38. The van der Waals surface area contributed by atoms with Crippen LogP contribution < -0.4 is 11.1 Å². The molecule has 0 saturated carbocycles. The minimum atomic E-state index is -0.713. The molecule has 0 radical (unpaired) electrons. The number of hydrogen-bond donors (Lipinski definition) is 3. The van der Waals surface area contributed by atoms with Gasteiger partial charge in [-0.3, -0.25) is 4.79 Å². The molecule has 0 aliphatic carbocycles. The molecule has 0 saturated heterocycles. The van der Waals surface area contributed by atoms with Crippen molar-refractivity contribution >= 4 is 23.3 Å². The monoisotopic (exact) mass is 287 g/mol. The molecule has 5 nitrogen and oxygen atoms in total. The Morgan fingerprint density at radius 2 is 2.21 bits per heavy atom. The number of hydrogen-bond acceptors (Lipinski definition) is 3. The summed E-state index contributed by atoms with van der Waals surface area (Å²) in [6.45, 7) is 3.54. The van der Waals surface area contributed by atoms with Crippen LogP contribution in [0.5, 0.6) is 0 Å². The van der Waals surface area contributed by atoms with Gasteiger partial charge in [0.2, 0.25) is 0 Å². The summed E-state index contributed by atoms with van der Waals surface area (Å²) in [5.41, 5.74) is 4.93. The van der Waals surface area contributed by atoms with Crippen molar-refractivity contribution < 1.29 is 14.4 Å². The van der Waals surface area contributed by atoms with Gasteiger partial charge in [0.25, 0.3) is 5.91 Å². The topological polar surface area (TPSA) is 87.7 Å². The fourth-order valence-electron chi connectivity index (χ4n) is 1.27. The molecular weight excluding hydrogens is 273 g/mol. The van der Waals surface area contributed by atoms with Crippen LogP contribution in [0.2, 0.25) is 5.02 Å². The third-order valence-corrected chi connectivity index (χ3v) is 2.98. The number of nitrogens with two attached hydrogens (primary N) is 1. The summed E-state index contributed by atoms with van der Waals surface area (Å²) in [4.78, 5) is 11.8. The third kappa shape index (κ3) is 3.82. The summed E-state index contributed by atoms with van der Waals surface area (Å²) in [6, 6.07) is 3.77. The van der Waals surface area contributed by atoms with Gasteiger partial charge < -0.3 is 16.3 Å². The van der Waals surface area contributed by atoms with Crippen LogP contribution in [0.3, 0.4) is 0 Å². The first-order valence-electron chi connectivity index (χ1n) is 5.49. The summed E-state index contributed by atoms with van der Waals surface area (Å²) >= 11 is 5.53. The van der Waals surface area contributed by atoms with Crippen molar-refractivity contribution in [2.45, 2.75) is 13.8 Å². The molecule has 0 aromatic heterocycles. The highest BCUT2D eigenvalue weighted by Crippen LogP contribution is 2.17. The maximum Gasteiger partial charge on any atom is 0.251 e. The molecule has 0 bridgehead atoms. The maximum absolute atomic E-state index is 13.2. The van der Waals surface area contributed by atoms with Crippen LogP contribution in [-0.4, -0.2) is 23.5 Å². The molecule has 0 spiro atoms. The lowest BCUT2D eigenvalue weighted by atomic mass is 9.92. The van der Waals surface area contributed by atoms with Gasteiger partial charge in [0, 0.05) is 17.5 Å². The van der Waals surface area contributed by atoms with Crippen molar-refractivity contribution in [1.29, 1.82) is 0 Å². The number of amidine groups is 1. The van der Waals surface area contributed by atoms with E-state index in [9.17, 15) is 9.18 Å². The summed E-state index contributed by atoms with van der Waals surface area (Å²) < 4.78 is 13.2. The highest BCUT2D eigenvalue weighted by Gasteiger charge is 2.24. The van der Waals surface area contributed by atoms with Crippen molar-refractivity contribution in [3.8, 4) is 0 Å². The molecule has 1 amide bonds. The van der Waals surface area contributed by atoms with E-state index in [0.29, 0.717) is 0 Å². The van der Waals surface area contributed by atoms with Crippen molar-refractivity contribution in [1.82, 2.24) is 5.32 Å². The average Bonchev–Trinajstić information content (AvgIpc) is 2.38. The molecule has 7 heteroatoms. The Kier molecular flexibility index (Phi) is 4.72. The van der Waals surface area contributed by atoms with Gasteiger partial charge in [0.05, 0.1) is 5.02 Å². The quantitative estimate of drug-likeness (QED) is 0.342. The summed E-state index contributed by atoms with van der Waals surface area (Å²) in [5.74, 6) is -1.13. The maximum atomic E-state index is 13.2. The van der Waals surface area contributed by atoms with Gasteiger partial charge in [0.15, 0.2) is 0 Å². The van der Waals surface area contributed by atoms with Crippen molar-refractivity contribution in [2.75, 3.05) is 6.54 Å². The zero-order valence-corrected chi connectivity index (χ0v) is 11.3. The molecule has 0 atom stereocenters. The first-order valence-corrected chi connectivity index (χ1v) is 5.87. The van der Waals surface area contributed by atoms with Crippen molar-refractivity contribution in [2.24, 2.45) is 16.3 Å². The molecule has 0 aliphatic rings. The Morgan fingerprint density at radius 1 is 1.58 bits per heavy atom. The number of carbonyl (C=O) groups is 1. The Hall–Kier alpha value is -1.82. The predicted octanol–water partition coefficient (Wildman–Crippen LogP) is 1.98. The second kappa shape index (κ2) is 5.88. The number of carbonyl (C=O) groups excluding carboxylic acids is 1. The Bertz CT molecular complexity index is 518. The van der Waals surface area contributed by atoms with E-state index in [4.69, 9.17) is 22.5 Å². The van der Waals surface area contributed by atoms with Gasteiger partial charge in [-0.1, -0.05) is 30.6 Å². The molecule has 0 fully saturated rings. The van der Waals surface area contributed by atoms with Gasteiger partial charge in [-0.15, -0.1) is 0 Å². The predicted molar refractivity (Wildman–Crippen MR) is 70.9 cm³/mol. The molecule has 4 N–H and O–H groups in total. The molecule has 1 rings (SSSR count). The Labute approximate surface area is 115 Å². The standard InChI is InChI=1S/C12H15ClFN3O2/c1-12(2,11(15)17-19)6-16-10(18)7-3-4-8(13)9(14)5-7/h3-5,19H,6H2,1-2H3,(H2,15,17)(H,16,18). The second-order valence-electron chi connectivity index (χ2n) is 4.68. The second-order valence-corrected chi connectivity index (χ2v) is 5.09. The van der Waals surface area contributed by atoms with E-state index in [-0.39, 0.29) is 23.0 Å². The zero-order chi connectivity index (χ0) is 14.6. The highest BCUT2D eigenvalue weighted by molar-refractivity contribution is 6.30. The van der Waals surface area contributed by atoms with E-state index in [1.165, 1.54) is 12.1 Å². The molecule has 1 aromatic carbocycles. The SMILES string of the molecule is CC(C)(CNC(=O)c1ccc(Cl)c(F)c1)/C(N)=N/O. The highest BCUT2D eigenvalue weighted by atomic mass is 35.5. The molecule has 19 heavy (non-hydrogen) atoms. The summed E-state index contributed by atoms with van der Waals surface area (Å²) in [5, 5.41) is 14.0. The van der Waals surface area contributed by atoms with E-state index in [1.807, 2.05) is 0 Å². The van der Waals surface area contributed by atoms with Crippen LogP contribution in [0.15, 0.2) is 23.4 Å². The number of nitrogens with one attached hydrogen (secondary N) is 1. The molecule has 104 valence electrons. The van der Waals surface area contributed by atoms with Crippen LogP contribution in [-0.2, 0) is 0 Å². The summed E-state index contributed by atoms with van der Waals surface area (Å²) in [7, 11) is 0. The summed E-state index contributed by atoms with van der Waals surface area (Å²) in [6.07, 6.45) is 0. The molecular formula is C12H15ClFN3O2. The van der Waals surface area contributed by atoms with E-state index < -0.39 is 17.1 Å². The van der Waals surface area contributed by atoms with E-state index >= 15 is 0 Å². The first kappa shape index (κ1) is 15.2. The van der Waals surface area contributed by atoms with E-state index in [0.717, 1.165) is 6.07 Å². The Balaban J connectivity index is 2.73. The van der Waals surface area contributed by atoms with Crippen LogP contribution >= 0.6 is 11.6 Å².